The van der Waals surface area contributed by atoms with Crippen molar-refractivity contribution in [1.82, 2.24) is 9.55 Å². The Bertz CT molecular complexity index is 967. The Morgan fingerprint density at radius 2 is 1.88 bits per heavy atom. The molecule has 1 heterocycles. The number of hydrogen-bond acceptors (Lipinski definition) is 3. The average Bonchev–Trinajstić information content (AvgIpc) is 2.58. The van der Waals surface area contributed by atoms with Gasteiger partial charge in [0.15, 0.2) is 0 Å². The van der Waals surface area contributed by atoms with Gasteiger partial charge in [-0.05, 0) is 48.9 Å². The summed E-state index contributed by atoms with van der Waals surface area (Å²) in [6.45, 7) is 1.91. The quantitative estimate of drug-likeness (QED) is 0.769. The van der Waals surface area contributed by atoms with Gasteiger partial charge in [0.2, 0.25) is 5.82 Å². The maximum Gasteiger partial charge on any atom is 0.325 e. The van der Waals surface area contributed by atoms with Crippen LogP contribution in [0.5, 0.6) is 0 Å². The third-order valence-corrected chi connectivity index (χ3v) is 3.45. The van der Waals surface area contributed by atoms with Crippen LogP contribution in [-0.2, 0) is 0 Å². The molecule has 0 bridgehead atoms. The van der Waals surface area contributed by atoms with Crippen LogP contribution >= 0.6 is 0 Å². The zero-order valence-electron chi connectivity index (χ0n) is 13.4. The smallest absolute Gasteiger partial charge is 0.308 e. The van der Waals surface area contributed by atoms with E-state index in [1.807, 2.05) is 19.1 Å². The molecule has 0 saturated heterocycles. The largest absolute Gasteiger partial charge is 0.325 e. The van der Waals surface area contributed by atoms with Crippen molar-refractivity contribution in [2.45, 2.75) is 6.92 Å². The maximum absolute atomic E-state index is 13.0. The van der Waals surface area contributed by atoms with Crippen LogP contribution in [0.3, 0.4) is 0 Å². The maximum atomic E-state index is 13.0. The summed E-state index contributed by atoms with van der Waals surface area (Å²) in [5.41, 5.74) is 1.55. The molecular formula is C18H15FN4O2. The fourth-order valence-electron chi connectivity index (χ4n) is 2.30. The molecule has 2 N–H and O–H groups in total. The van der Waals surface area contributed by atoms with E-state index in [1.165, 1.54) is 41.2 Å². The number of halogens is 1. The van der Waals surface area contributed by atoms with Crippen LogP contribution in [0, 0.1) is 12.7 Å². The lowest BCUT2D eigenvalue weighted by molar-refractivity contribution is 0.262. The minimum Gasteiger partial charge on any atom is -0.308 e. The molecule has 3 aromatic rings. The van der Waals surface area contributed by atoms with E-state index in [4.69, 9.17) is 0 Å². The van der Waals surface area contributed by atoms with Crippen LogP contribution in [0.2, 0.25) is 0 Å². The lowest BCUT2D eigenvalue weighted by Gasteiger charge is -2.09. The molecule has 2 amide bonds. The van der Waals surface area contributed by atoms with Gasteiger partial charge in [0.25, 0.3) is 5.56 Å². The van der Waals surface area contributed by atoms with Crippen molar-refractivity contribution < 1.29 is 9.18 Å². The molecule has 0 atom stereocenters. The average molecular weight is 338 g/mol. The van der Waals surface area contributed by atoms with Crippen molar-refractivity contribution in [3.8, 4) is 5.69 Å². The number of urea groups is 1. The second-order valence-corrected chi connectivity index (χ2v) is 5.38. The molecule has 0 aliphatic heterocycles. The van der Waals surface area contributed by atoms with E-state index in [9.17, 15) is 14.0 Å². The Kier molecular flexibility index (Phi) is 4.56. The predicted molar refractivity (Wildman–Crippen MR) is 93.6 cm³/mol. The van der Waals surface area contributed by atoms with Crippen molar-refractivity contribution in [3.05, 3.63) is 82.7 Å². The number of anilines is 2. The van der Waals surface area contributed by atoms with Crippen LogP contribution < -0.4 is 16.2 Å². The summed E-state index contributed by atoms with van der Waals surface area (Å²) >= 11 is 0. The highest BCUT2D eigenvalue weighted by atomic mass is 19.1. The molecule has 126 valence electrons. The number of carbonyl (C=O) groups is 1. The number of aromatic nitrogens is 2. The highest BCUT2D eigenvalue weighted by Gasteiger charge is 2.10. The van der Waals surface area contributed by atoms with Crippen molar-refractivity contribution in [2.24, 2.45) is 0 Å². The molecule has 3 rings (SSSR count). The monoisotopic (exact) mass is 338 g/mol. The third kappa shape index (κ3) is 3.89. The number of nitrogens with one attached hydrogen (secondary N) is 2. The van der Waals surface area contributed by atoms with Crippen LogP contribution in [0.15, 0.2) is 65.7 Å². The van der Waals surface area contributed by atoms with Crippen LogP contribution in [0.25, 0.3) is 5.69 Å². The summed E-state index contributed by atoms with van der Waals surface area (Å²) in [4.78, 5) is 28.4. The van der Waals surface area contributed by atoms with Crippen LogP contribution in [0.1, 0.15) is 5.56 Å². The zero-order chi connectivity index (χ0) is 17.8. The number of nitrogens with zero attached hydrogens (tertiary/aromatic N) is 2. The van der Waals surface area contributed by atoms with Crippen molar-refractivity contribution >= 4 is 17.5 Å². The summed E-state index contributed by atoms with van der Waals surface area (Å²) < 4.78 is 14.3. The van der Waals surface area contributed by atoms with E-state index in [1.54, 1.807) is 12.1 Å². The van der Waals surface area contributed by atoms with E-state index in [2.05, 4.69) is 15.6 Å². The lowest BCUT2D eigenvalue weighted by Crippen LogP contribution is -2.28. The number of carbonyl (C=O) groups excluding carboxylic acids is 1. The first-order valence-corrected chi connectivity index (χ1v) is 7.51. The number of hydrogen-bond donors (Lipinski definition) is 2. The first-order chi connectivity index (χ1) is 12.0. The van der Waals surface area contributed by atoms with Gasteiger partial charge < -0.3 is 5.32 Å². The fourth-order valence-corrected chi connectivity index (χ4v) is 2.30. The molecule has 2 aromatic carbocycles. The molecule has 0 spiro atoms. The topological polar surface area (TPSA) is 76.0 Å². The Labute approximate surface area is 143 Å². The van der Waals surface area contributed by atoms with E-state index >= 15 is 0 Å². The van der Waals surface area contributed by atoms with Crippen molar-refractivity contribution in [1.29, 1.82) is 0 Å². The van der Waals surface area contributed by atoms with Gasteiger partial charge in [-0.3, -0.25) is 14.7 Å². The van der Waals surface area contributed by atoms with Gasteiger partial charge in [0.1, 0.15) is 5.82 Å². The SMILES string of the molecule is Cc1cccc(NC(=O)Nc2nccn(-c3ccc(F)cc3)c2=O)c1. The highest BCUT2D eigenvalue weighted by molar-refractivity contribution is 5.99. The van der Waals surface area contributed by atoms with Crippen molar-refractivity contribution in [2.75, 3.05) is 10.6 Å². The second-order valence-electron chi connectivity index (χ2n) is 5.38. The number of rotatable bonds is 3. The van der Waals surface area contributed by atoms with E-state index < -0.39 is 17.4 Å². The van der Waals surface area contributed by atoms with Gasteiger partial charge in [-0.15, -0.1) is 0 Å². The standard InChI is InChI=1S/C18H15FN4O2/c1-12-3-2-4-14(11-12)21-18(25)22-16-17(24)23(10-9-20-16)15-7-5-13(19)6-8-15/h2-11H,1H3,(H2,20,21,22,25). The second kappa shape index (κ2) is 6.96. The normalized spacial score (nSPS) is 10.3. The molecular weight excluding hydrogens is 323 g/mol. The van der Waals surface area contributed by atoms with Gasteiger partial charge in [0, 0.05) is 23.8 Å². The molecule has 0 aliphatic rings. The summed E-state index contributed by atoms with van der Waals surface area (Å²) in [6.07, 6.45) is 2.83. The molecule has 0 radical (unpaired) electrons. The molecule has 0 aliphatic carbocycles. The predicted octanol–water partition coefficient (Wildman–Crippen LogP) is 3.32. The zero-order valence-corrected chi connectivity index (χ0v) is 13.4. The van der Waals surface area contributed by atoms with E-state index in [0.29, 0.717) is 11.4 Å². The molecule has 1 aromatic heterocycles. The van der Waals surface area contributed by atoms with Gasteiger partial charge >= 0.3 is 6.03 Å². The molecule has 0 fully saturated rings. The van der Waals surface area contributed by atoms with E-state index in [0.717, 1.165) is 5.56 Å². The molecule has 0 saturated carbocycles. The Morgan fingerprint density at radius 1 is 1.12 bits per heavy atom. The van der Waals surface area contributed by atoms with Crippen LogP contribution in [0.4, 0.5) is 20.7 Å². The van der Waals surface area contributed by atoms with Gasteiger partial charge in [-0.2, -0.15) is 0 Å². The summed E-state index contributed by atoms with van der Waals surface area (Å²) in [6, 6.07) is 12.1. The Balaban J connectivity index is 1.81. The lowest BCUT2D eigenvalue weighted by atomic mass is 10.2. The summed E-state index contributed by atoms with van der Waals surface area (Å²) in [5.74, 6) is -0.529. The first-order valence-electron chi connectivity index (χ1n) is 7.51. The number of amides is 2. The van der Waals surface area contributed by atoms with Gasteiger partial charge in [0.05, 0.1) is 0 Å². The minimum absolute atomic E-state index is 0.128. The minimum atomic E-state index is -0.577. The Hall–Kier alpha value is -3.48. The van der Waals surface area contributed by atoms with Crippen molar-refractivity contribution in [3.63, 3.8) is 0 Å². The van der Waals surface area contributed by atoms with Gasteiger partial charge in [-0.25, -0.2) is 14.2 Å². The van der Waals surface area contributed by atoms with Gasteiger partial charge in [-0.1, -0.05) is 12.1 Å². The molecule has 7 heteroatoms. The van der Waals surface area contributed by atoms with E-state index in [-0.39, 0.29) is 5.82 Å². The summed E-state index contributed by atoms with van der Waals surface area (Å²) in [5, 5.41) is 5.07. The van der Waals surface area contributed by atoms with Crippen LogP contribution in [-0.4, -0.2) is 15.6 Å². The highest BCUT2D eigenvalue weighted by Crippen LogP contribution is 2.10. The molecule has 6 nitrogen and oxygen atoms in total. The number of aryl methyl sites for hydroxylation is 1. The molecule has 0 unspecified atom stereocenters. The first kappa shape index (κ1) is 16.4. The fraction of sp³-hybridized carbons (Fsp3) is 0.0556. The number of benzene rings is 2. The Morgan fingerprint density at radius 3 is 2.60 bits per heavy atom. The summed E-state index contributed by atoms with van der Waals surface area (Å²) in [7, 11) is 0. The third-order valence-electron chi connectivity index (χ3n) is 3.45. The molecule has 25 heavy (non-hydrogen) atoms.